The SMILES string of the molecule is CN(C)c1cccc2c(S(=O)(=O)O)cccc12.Cl.O=S(=O)(O)c1ccccc1C=Cc1ccccc1S(=O)(=O)O. The number of benzene rings is 4. The minimum absolute atomic E-state index is 0. The Morgan fingerprint density at radius 2 is 0.900 bits per heavy atom. The van der Waals surface area contributed by atoms with E-state index in [1.807, 2.05) is 31.1 Å². The molecule has 4 aromatic carbocycles. The van der Waals surface area contributed by atoms with E-state index >= 15 is 0 Å². The molecule has 3 N–H and O–H groups in total. The molecule has 0 saturated heterocycles. The molecule has 0 atom stereocenters. The van der Waals surface area contributed by atoms with Gasteiger partial charge in [0.25, 0.3) is 30.4 Å². The summed E-state index contributed by atoms with van der Waals surface area (Å²) in [4.78, 5) is 1.25. The lowest BCUT2D eigenvalue weighted by Gasteiger charge is -2.16. The monoisotopic (exact) mass is 627 g/mol. The van der Waals surface area contributed by atoms with E-state index in [0.717, 1.165) is 11.1 Å². The van der Waals surface area contributed by atoms with Gasteiger partial charge in [-0.2, -0.15) is 25.3 Å². The molecular weight excluding hydrogens is 602 g/mol. The van der Waals surface area contributed by atoms with Gasteiger partial charge in [-0.15, -0.1) is 12.4 Å². The molecule has 0 spiro atoms. The maximum Gasteiger partial charge on any atom is 0.295 e. The maximum atomic E-state index is 11.3. The van der Waals surface area contributed by atoms with Crippen molar-refractivity contribution in [3.8, 4) is 0 Å². The van der Waals surface area contributed by atoms with Crippen molar-refractivity contribution in [2.24, 2.45) is 0 Å². The molecule has 0 heterocycles. The molecule has 0 aliphatic heterocycles. The van der Waals surface area contributed by atoms with Crippen molar-refractivity contribution in [3.63, 3.8) is 0 Å². The zero-order valence-corrected chi connectivity index (χ0v) is 24.4. The Balaban J connectivity index is 0.000000282. The number of anilines is 1. The highest BCUT2D eigenvalue weighted by molar-refractivity contribution is 7.86. The van der Waals surface area contributed by atoms with Gasteiger partial charge in [0.15, 0.2) is 0 Å². The van der Waals surface area contributed by atoms with Crippen molar-refractivity contribution >= 4 is 71.4 Å². The van der Waals surface area contributed by atoms with Gasteiger partial charge in [0.05, 0.1) is 0 Å². The average Bonchev–Trinajstić information content (AvgIpc) is 2.85. The fraction of sp³-hybridized carbons (Fsp3) is 0.0769. The highest BCUT2D eigenvalue weighted by Crippen LogP contribution is 2.30. The molecule has 0 radical (unpaired) electrons. The molecule has 0 aliphatic rings. The van der Waals surface area contributed by atoms with E-state index in [1.54, 1.807) is 30.3 Å². The fourth-order valence-corrected chi connectivity index (χ4v) is 5.84. The topological polar surface area (TPSA) is 166 Å². The molecule has 0 amide bonds. The molecule has 10 nitrogen and oxygen atoms in total. The highest BCUT2D eigenvalue weighted by atomic mass is 35.5. The van der Waals surface area contributed by atoms with Crippen molar-refractivity contribution in [2.45, 2.75) is 14.7 Å². The fourth-order valence-electron chi connectivity index (χ4n) is 3.77. The van der Waals surface area contributed by atoms with Crippen LogP contribution in [0.1, 0.15) is 11.1 Å². The first kappa shape index (κ1) is 32.9. The largest absolute Gasteiger partial charge is 0.377 e. The van der Waals surface area contributed by atoms with Crippen LogP contribution in [0.5, 0.6) is 0 Å². The molecule has 214 valence electrons. The summed E-state index contributed by atoms with van der Waals surface area (Å²) >= 11 is 0. The molecule has 40 heavy (non-hydrogen) atoms. The second-order valence-corrected chi connectivity index (χ2v) is 12.5. The molecule has 14 heteroatoms. The smallest absolute Gasteiger partial charge is 0.295 e. The van der Waals surface area contributed by atoms with Crippen LogP contribution in [0.2, 0.25) is 0 Å². The number of hydrogen-bond acceptors (Lipinski definition) is 7. The van der Waals surface area contributed by atoms with E-state index < -0.39 is 30.4 Å². The molecule has 4 aromatic rings. The van der Waals surface area contributed by atoms with Gasteiger partial charge in [-0.3, -0.25) is 13.7 Å². The Bertz CT molecular complexity index is 1790. The number of halogens is 1. The van der Waals surface area contributed by atoms with Crippen molar-refractivity contribution in [2.75, 3.05) is 19.0 Å². The second kappa shape index (κ2) is 12.9. The van der Waals surface area contributed by atoms with Crippen LogP contribution in [0, 0.1) is 0 Å². The molecule has 0 fully saturated rings. The minimum atomic E-state index is -4.40. The van der Waals surface area contributed by atoms with Crippen LogP contribution in [-0.2, 0) is 30.4 Å². The van der Waals surface area contributed by atoms with Gasteiger partial charge in [-0.05, 0) is 35.4 Å². The van der Waals surface area contributed by atoms with Gasteiger partial charge in [-0.25, -0.2) is 0 Å². The zero-order valence-electron chi connectivity index (χ0n) is 21.1. The van der Waals surface area contributed by atoms with Crippen molar-refractivity contribution < 1.29 is 38.9 Å². The number of hydrogen-bond donors (Lipinski definition) is 3. The van der Waals surface area contributed by atoms with E-state index in [1.165, 1.54) is 54.6 Å². The van der Waals surface area contributed by atoms with Gasteiger partial charge in [0.2, 0.25) is 0 Å². The van der Waals surface area contributed by atoms with Crippen LogP contribution in [0.4, 0.5) is 5.69 Å². The number of nitrogens with zero attached hydrogens (tertiary/aromatic N) is 1. The first-order chi connectivity index (χ1) is 18.1. The Kier molecular flexibility index (Phi) is 10.6. The Morgan fingerprint density at radius 3 is 1.32 bits per heavy atom. The lowest BCUT2D eigenvalue weighted by atomic mass is 10.1. The van der Waals surface area contributed by atoms with Gasteiger partial charge >= 0.3 is 0 Å². The van der Waals surface area contributed by atoms with Gasteiger partial charge < -0.3 is 4.90 Å². The van der Waals surface area contributed by atoms with Gasteiger partial charge in [0.1, 0.15) is 14.7 Å². The standard InChI is InChI=1S/C14H12O6S2.C12H13NO3S.ClH/c15-21(16,17)13-7-3-1-5-11(13)9-10-12-6-2-4-8-14(12)22(18,19)20;1-13(2)11-7-3-6-10-9(11)5-4-8-12(10)17(14,15)16;/h1-10H,(H,15,16,17)(H,18,19,20);3-8H,1-2H3,(H,14,15,16);1H. The Hall–Kier alpha value is -3.30. The number of fused-ring (bicyclic) bond motifs is 1. The summed E-state index contributed by atoms with van der Waals surface area (Å²) in [6.45, 7) is 0. The molecular formula is C26H26ClNO9S3. The molecule has 0 saturated carbocycles. The quantitative estimate of drug-likeness (QED) is 0.197. The van der Waals surface area contributed by atoms with Crippen LogP contribution in [0.3, 0.4) is 0 Å². The lowest BCUT2D eigenvalue weighted by Crippen LogP contribution is -2.09. The van der Waals surface area contributed by atoms with Gasteiger partial charge in [0, 0.05) is 30.6 Å². The van der Waals surface area contributed by atoms with Crippen molar-refractivity contribution in [1.29, 1.82) is 0 Å². The van der Waals surface area contributed by atoms with Crippen LogP contribution < -0.4 is 4.90 Å². The Morgan fingerprint density at radius 1 is 0.525 bits per heavy atom. The van der Waals surface area contributed by atoms with Crippen molar-refractivity contribution in [3.05, 3.63) is 96.1 Å². The third-order valence-corrected chi connectivity index (χ3v) is 8.22. The first-order valence-corrected chi connectivity index (χ1v) is 15.4. The van der Waals surface area contributed by atoms with E-state index in [-0.39, 0.29) is 38.2 Å². The summed E-state index contributed by atoms with van der Waals surface area (Å²) in [5, 5.41) is 1.33. The maximum absolute atomic E-state index is 11.3. The summed E-state index contributed by atoms with van der Waals surface area (Å²) in [5.41, 5.74) is 1.29. The summed E-state index contributed by atoms with van der Waals surface area (Å²) in [5.74, 6) is 0. The average molecular weight is 628 g/mol. The highest BCUT2D eigenvalue weighted by Gasteiger charge is 2.16. The van der Waals surface area contributed by atoms with Crippen LogP contribution in [0.15, 0.2) is 99.6 Å². The summed E-state index contributed by atoms with van der Waals surface area (Å²) in [7, 11) is -9.21. The molecule has 0 unspecified atom stereocenters. The van der Waals surface area contributed by atoms with E-state index in [2.05, 4.69) is 0 Å². The summed E-state index contributed by atoms with van der Waals surface area (Å²) < 4.78 is 95.1. The molecule has 4 rings (SSSR count). The van der Waals surface area contributed by atoms with Crippen molar-refractivity contribution in [1.82, 2.24) is 0 Å². The van der Waals surface area contributed by atoms with Crippen LogP contribution >= 0.6 is 12.4 Å². The summed E-state index contributed by atoms with van der Waals surface area (Å²) in [6, 6.07) is 21.6. The predicted octanol–water partition coefficient (Wildman–Crippen LogP) is 4.92. The third-order valence-electron chi connectivity index (χ3n) is 5.46. The van der Waals surface area contributed by atoms with Crippen LogP contribution in [-0.4, -0.2) is 53.0 Å². The number of rotatable bonds is 6. The predicted molar refractivity (Wildman–Crippen MR) is 157 cm³/mol. The summed E-state index contributed by atoms with van der Waals surface area (Å²) in [6.07, 6.45) is 2.68. The minimum Gasteiger partial charge on any atom is -0.377 e. The first-order valence-electron chi connectivity index (χ1n) is 11.1. The zero-order chi connectivity index (χ0) is 29.0. The van der Waals surface area contributed by atoms with E-state index in [4.69, 9.17) is 9.11 Å². The second-order valence-electron chi connectivity index (χ2n) is 8.36. The van der Waals surface area contributed by atoms with Crippen LogP contribution in [0.25, 0.3) is 22.9 Å². The van der Waals surface area contributed by atoms with Gasteiger partial charge in [-0.1, -0.05) is 72.8 Å². The molecule has 0 aromatic heterocycles. The third kappa shape index (κ3) is 8.11. The lowest BCUT2D eigenvalue weighted by molar-refractivity contribution is 0.480. The molecule has 0 bridgehead atoms. The normalized spacial score (nSPS) is 11.9. The Labute approximate surface area is 239 Å². The van der Waals surface area contributed by atoms with E-state index in [0.29, 0.717) is 5.39 Å². The molecule has 0 aliphatic carbocycles. The van der Waals surface area contributed by atoms with E-state index in [9.17, 15) is 29.8 Å².